The van der Waals surface area contributed by atoms with Crippen molar-refractivity contribution < 1.29 is 9.90 Å². The maximum absolute atomic E-state index is 10.3. The fourth-order valence-electron chi connectivity index (χ4n) is 1.08. The molecule has 0 aliphatic carbocycles. The fraction of sp³-hybridized carbons (Fsp3) is 0.900. The van der Waals surface area contributed by atoms with Crippen molar-refractivity contribution in [3.05, 3.63) is 0 Å². The van der Waals surface area contributed by atoms with Gasteiger partial charge in [-0.2, -0.15) is 0 Å². The molecular weight excluding hydrogens is 166 g/mol. The molecule has 0 aromatic rings. The molecule has 1 N–H and O–H groups in total. The summed E-state index contributed by atoms with van der Waals surface area (Å²) in [7, 11) is 1.97. The first-order chi connectivity index (χ1) is 5.93. The summed E-state index contributed by atoms with van der Waals surface area (Å²) in [5.74, 6) is 0.565. The zero-order chi connectivity index (χ0) is 10.4. The minimum Gasteiger partial charge on any atom is -0.481 e. The second kappa shape index (κ2) is 5.97. The monoisotopic (exact) mass is 187 g/mol. The number of hydrogen-bond acceptors (Lipinski definition) is 2. The maximum Gasteiger partial charge on any atom is 0.304 e. The van der Waals surface area contributed by atoms with Crippen LogP contribution in [-0.2, 0) is 4.79 Å². The molecule has 3 heteroatoms. The zero-order valence-electron chi connectivity index (χ0n) is 9.08. The van der Waals surface area contributed by atoms with Crippen molar-refractivity contribution >= 4 is 5.97 Å². The number of hydrogen-bond donors (Lipinski definition) is 1. The van der Waals surface area contributed by atoms with Gasteiger partial charge in [0.05, 0.1) is 6.42 Å². The summed E-state index contributed by atoms with van der Waals surface area (Å²) >= 11 is 0. The van der Waals surface area contributed by atoms with E-state index >= 15 is 0 Å². The number of rotatable bonds is 6. The largest absolute Gasteiger partial charge is 0.481 e. The van der Waals surface area contributed by atoms with E-state index in [0.717, 1.165) is 6.54 Å². The van der Waals surface area contributed by atoms with E-state index in [1.807, 2.05) is 7.05 Å². The molecule has 0 spiro atoms. The van der Waals surface area contributed by atoms with Crippen LogP contribution in [0.2, 0.25) is 0 Å². The molecule has 0 radical (unpaired) electrons. The van der Waals surface area contributed by atoms with Crippen molar-refractivity contribution in [2.75, 3.05) is 20.1 Å². The normalized spacial score (nSPS) is 13.7. The molecule has 0 bridgehead atoms. The molecule has 0 rings (SSSR count). The van der Waals surface area contributed by atoms with Crippen molar-refractivity contribution in [3.8, 4) is 0 Å². The molecular formula is C10H21NO2. The topological polar surface area (TPSA) is 40.5 Å². The molecule has 0 amide bonds. The average Bonchev–Trinajstić information content (AvgIpc) is 2.00. The molecule has 0 aliphatic rings. The van der Waals surface area contributed by atoms with Crippen LogP contribution in [0, 0.1) is 11.8 Å². The van der Waals surface area contributed by atoms with Gasteiger partial charge in [-0.05, 0) is 18.9 Å². The predicted octanol–water partition coefficient (Wildman–Crippen LogP) is 1.69. The SMILES string of the molecule is CC(C)C(C)CN(C)CCC(=O)O. The van der Waals surface area contributed by atoms with Gasteiger partial charge in [-0.1, -0.05) is 20.8 Å². The summed E-state index contributed by atoms with van der Waals surface area (Å²) in [6.45, 7) is 8.20. The second-order valence-electron chi connectivity index (χ2n) is 4.13. The molecule has 0 heterocycles. The van der Waals surface area contributed by atoms with Crippen LogP contribution in [0.3, 0.4) is 0 Å². The van der Waals surface area contributed by atoms with Crippen molar-refractivity contribution in [2.24, 2.45) is 11.8 Å². The van der Waals surface area contributed by atoms with E-state index in [0.29, 0.717) is 18.4 Å². The number of carbonyl (C=O) groups is 1. The predicted molar refractivity (Wildman–Crippen MR) is 53.8 cm³/mol. The summed E-state index contributed by atoms with van der Waals surface area (Å²) in [6.07, 6.45) is 0.237. The first-order valence-corrected chi connectivity index (χ1v) is 4.83. The second-order valence-corrected chi connectivity index (χ2v) is 4.13. The van der Waals surface area contributed by atoms with Gasteiger partial charge in [0.2, 0.25) is 0 Å². The van der Waals surface area contributed by atoms with Gasteiger partial charge >= 0.3 is 5.97 Å². The summed E-state index contributed by atoms with van der Waals surface area (Å²) in [6, 6.07) is 0. The number of carboxylic acid groups (broad SMARTS) is 1. The molecule has 0 saturated carbocycles. The Morgan fingerprint density at radius 3 is 2.31 bits per heavy atom. The maximum atomic E-state index is 10.3. The molecule has 0 aliphatic heterocycles. The minimum absolute atomic E-state index is 0.237. The Balaban J connectivity index is 3.61. The van der Waals surface area contributed by atoms with Crippen LogP contribution in [0.1, 0.15) is 27.2 Å². The standard InChI is InChI=1S/C10H21NO2/c1-8(2)9(3)7-11(4)6-5-10(12)13/h8-9H,5-7H2,1-4H3,(H,12,13). The Kier molecular flexibility index (Phi) is 5.71. The Bertz CT molecular complexity index is 157. The third-order valence-corrected chi connectivity index (χ3v) is 2.45. The van der Waals surface area contributed by atoms with Crippen LogP contribution in [0.15, 0.2) is 0 Å². The summed E-state index contributed by atoms with van der Waals surface area (Å²) in [5.41, 5.74) is 0. The van der Waals surface area contributed by atoms with Crippen LogP contribution in [0.4, 0.5) is 0 Å². The van der Waals surface area contributed by atoms with Gasteiger partial charge in [0, 0.05) is 13.1 Å². The van der Waals surface area contributed by atoms with Crippen molar-refractivity contribution in [3.63, 3.8) is 0 Å². The third-order valence-electron chi connectivity index (χ3n) is 2.45. The lowest BCUT2D eigenvalue weighted by Crippen LogP contribution is -2.28. The molecule has 1 unspecified atom stereocenters. The highest BCUT2D eigenvalue weighted by Gasteiger charge is 2.10. The first kappa shape index (κ1) is 12.4. The van der Waals surface area contributed by atoms with E-state index < -0.39 is 5.97 Å². The Morgan fingerprint density at radius 2 is 1.92 bits per heavy atom. The van der Waals surface area contributed by atoms with Gasteiger partial charge in [-0.3, -0.25) is 4.79 Å². The number of carboxylic acids is 1. The van der Waals surface area contributed by atoms with Crippen LogP contribution in [-0.4, -0.2) is 36.1 Å². The molecule has 0 aromatic heterocycles. The van der Waals surface area contributed by atoms with E-state index in [9.17, 15) is 4.79 Å². The highest BCUT2D eigenvalue weighted by molar-refractivity contribution is 5.66. The van der Waals surface area contributed by atoms with E-state index in [1.165, 1.54) is 0 Å². The molecule has 1 atom stereocenters. The van der Waals surface area contributed by atoms with Crippen molar-refractivity contribution in [2.45, 2.75) is 27.2 Å². The highest BCUT2D eigenvalue weighted by atomic mass is 16.4. The lowest BCUT2D eigenvalue weighted by Gasteiger charge is -2.22. The molecule has 0 aromatic carbocycles. The first-order valence-electron chi connectivity index (χ1n) is 4.83. The van der Waals surface area contributed by atoms with Gasteiger partial charge < -0.3 is 10.0 Å². The Labute approximate surface area is 80.7 Å². The lowest BCUT2D eigenvalue weighted by molar-refractivity contribution is -0.137. The number of nitrogens with zero attached hydrogens (tertiary/aromatic N) is 1. The Hall–Kier alpha value is -0.570. The smallest absolute Gasteiger partial charge is 0.304 e. The molecule has 78 valence electrons. The zero-order valence-corrected chi connectivity index (χ0v) is 9.08. The van der Waals surface area contributed by atoms with E-state index in [2.05, 4.69) is 25.7 Å². The van der Waals surface area contributed by atoms with Gasteiger partial charge in [0.1, 0.15) is 0 Å². The van der Waals surface area contributed by atoms with Crippen LogP contribution in [0.25, 0.3) is 0 Å². The molecule has 13 heavy (non-hydrogen) atoms. The van der Waals surface area contributed by atoms with Gasteiger partial charge in [-0.25, -0.2) is 0 Å². The highest BCUT2D eigenvalue weighted by Crippen LogP contribution is 2.10. The van der Waals surface area contributed by atoms with Crippen LogP contribution < -0.4 is 0 Å². The summed E-state index contributed by atoms with van der Waals surface area (Å²) in [4.78, 5) is 12.4. The van der Waals surface area contributed by atoms with E-state index in [4.69, 9.17) is 5.11 Å². The van der Waals surface area contributed by atoms with E-state index in [-0.39, 0.29) is 6.42 Å². The summed E-state index contributed by atoms with van der Waals surface area (Å²) in [5, 5.41) is 8.48. The average molecular weight is 187 g/mol. The van der Waals surface area contributed by atoms with Crippen LogP contribution >= 0.6 is 0 Å². The lowest BCUT2D eigenvalue weighted by atomic mass is 9.98. The van der Waals surface area contributed by atoms with Gasteiger partial charge in [0.25, 0.3) is 0 Å². The molecule has 0 saturated heterocycles. The molecule has 3 nitrogen and oxygen atoms in total. The van der Waals surface area contributed by atoms with Crippen molar-refractivity contribution in [1.82, 2.24) is 4.90 Å². The molecule has 0 fully saturated rings. The van der Waals surface area contributed by atoms with Gasteiger partial charge in [0.15, 0.2) is 0 Å². The van der Waals surface area contributed by atoms with Crippen molar-refractivity contribution in [1.29, 1.82) is 0 Å². The van der Waals surface area contributed by atoms with Gasteiger partial charge in [-0.15, -0.1) is 0 Å². The quantitative estimate of drug-likeness (QED) is 0.688. The third kappa shape index (κ3) is 6.58. The summed E-state index contributed by atoms with van der Waals surface area (Å²) < 4.78 is 0. The Morgan fingerprint density at radius 1 is 1.38 bits per heavy atom. The minimum atomic E-state index is -0.718. The number of aliphatic carboxylic acids is 1. The van der Waals surface area contributed by atoms with Crippen LogP contribution in [0.5, 0.6) is 0 Å². The van der Waals surface area contributed by atoms with E-state index in [1.54, 1.807) is 0 Å². The fourth-order valence-corrected chi connectivity index (χ4v) is 1.08.